The van der Waals surface area contributed by atoms with Gasteiger partial charge in [-0.15, -0.1) is 0 Å². The highest BCUT2D eigenvalue weighted by atomic mass is 16.5. The van der Waals surface area contributed by atoms with Crippen molar-refractivity contribution in [3.63, 3.8) is 0 Å². The van der Waals surface area contributed by atoms with E-state index < -0.39 is 5.97 Å². The summed E-state index contributed by atoms with van der Waals surface area (Å²) in [5.74, 6) is -0.537. The third-order valence-electron chi connectivity index (χ3n) is 3.53. The van der Waals surface area contributed by atoms with E-state index >= 15 is 0 Å². The first-order chi connectivity index (χ1) is 9.08. The zero-order valence-electron chi connectivity index (χ0n) is 11.4. The fourth-order valence-corrected chi connectivity index (χ4v) is 2.14. The Morgan fingerprint density at radius 1 is 1.16 bits per heavy atom. The van der Waals surface area contributed by atoms with E-state index in [2.05, 4.69) is 0 Å². The molecule has 0 saturated carbocycles. The molecule has 0 N–H and O–H groups in total. The van der Waals surface area contributed by atoms with Gasteiger partial charge < -0.3 is 9.64 Å². The maximum atomic E-state index is 11.8. The average molecular weight is 261 g/mol. The van der Waals surface area contributed by atoms with Gasteiger partial charge in [0.2, 0.25) is 0 Å². The quantitative estimate of drug-likeness (QED) is 0.783. The summed E-state index contributed by atoms with van der Waals surface area (Å²) in [6, 6.07) is 5.40. The Kier molecular flexibility index (Phi) is 4.20. The lowest BCUT2D eigenvalue weighted by molar-refractivity contribution is -0.133. The number of hydrogen-bond acceptors (Lipinski definition) is 3. The fourth-order valence-electron chi connectivity index (χ4n) is 2.14. The minimum absolute atomic E-state index is 0.102. The van der Waals surface area contributed by atoms with Gasteiger partial charge in [0.1, 0.15) is 0 Å². The summed E-state index contributed by atoms with van der Waals surface area (Å²) in [7, 11) is 0. The van der Waals surface area contributed by atoms with Gasteiger partial charge in [-0.05, 0) is 49.9 Å². The van der Waals surface area contributed by atoms with E-state index in [1.54, 1.807) is 17.0 Å². The number of likely N-dealkylation sites (tertiary alicyclic amines) is 1. The zero-order valence-corrected chi connectivity index (χ0v) is 11.4. The molecule has 1 amide bonds. The molecule has 0 aromatic heterocycles. The molecule has 1 aliphatic heterocycles. The minimum Gasteiger partial charge on any atom is -0.452 e. The van der Waals surface area contributed by atoms with E-state index in [1.165, 1.54) is 0 Å². The number of nitrogens with zero attached hydrogens (tertiary/aromatic N) is 1. The van der Waals surface area contributed by atoms with Crippen LogP contribution in [0.25, 0.3) is 0 Å². The monoisotopic (exact) mass is 261 g/mol. The molecule has 1 fully saturated rings. The van der Waals surface area contributed by atoms with Crippen LogP contribution in [0.3, 0.4) is 0 Å². The predicted molar refractivity (Wildman–Crippen MR) is 72.0 cm³/mol. The first-order valence-corrected chi connectivity index (χ1v) is 6.60. The highest BCUT2D eigenvalue weighted by molar-refractivity contribution is 5.91. The lowest BCUT2D eigenvalue weighted by atomic mass is 10.1. The van der Waals surface area contributed by atoms with Crippen molar-refractivity contribution in [2.45, 2.75) is 26.7 Å². The zero-order chi connectivity index (χ0) is 13.8. The molecule has 0 atom stereocenters. The number of amides is 1. The van der Waals surface area contributed by atoms with Gasteiger partial charge in [0, 0.05) is 13.1 Å². The van der Waals surface area contributed by atoms with Crippen LogP contribution in [-0.2, 0) is 9.53 Å². The molecule has 0 bridgehead atoms. The maximum absolute atomic E-state index is 11.8. The molecule has 1 heterocycles. The van der Waals surface area contributed by atoms with Crippen molar-refractivity contribution >= 4 is 11.9 Å². The SMILES string of the molecule is Cc1ccc(C(=O)OCC(=O)N2CCCC2)cc1C. The summed E-state index contributed by atoms with van der Waals surface area (Å²) >= 11 is 0. The lowest BCUT2D eigenvalue weighted by Crippen LogP contribution is -2.32. The van der Waals surface area contributed by atoms with Crippen molar-refractivity contribution in [3.05, 3.63) is 34.9 Å². The predicted octanol–water partition coefficient (Wildman–Crippen LogP) is 2.08. The molecule has 102 valence electrons. The van der Waals surface area contributed by atoms with Gasteiger partial charge >= 0.3 is 5.97 Å². The molecule has 1 aromatic rings. The third-order valence-corrected chi connectivity index (χ3v) is 3.53. The highest BCUT2D eigenvalue weighted by Gasteiger charge is 2.19. The van der Waals surface area contributed by atoms with E-state index in [9.17, 15) is 9.59 Å². The number of aryl methyl sites for hydroxylation is 2. The molecule has 1 aliphatic rings. The second-order valence-electron chi connectivity index (χ2n) is 4.96. The van der Waals surface area contributed by atoms with Gasteiger partial charge in [-0.3, -0.25) is 4.79 Å². The van der Waals surface area contributed by atoms with Gasteiger partial charge in [-0.1, -0.05) is 6.07 Å². The van der Waals surface area contributed by atoms with Crippen LogP contribution in [0.4, 0.5) is 0 Å². The van der Waals surface area contributed by atoms with Crippen LogP contribution in [0.5, 0.6) is 0 Å². The summed E-state index contributed by atoms with van der Waals surface area (Å²) in [5, 5.41) is 0. The number of hydrogen-bond donors (Lipinski definition) is 0. The van der Waals surface area contributed by atoms with Crippen LogP contribution in [0.15, 0.2) is 18.2 Å². The molecule has 2 rings (SSSR count). The van der Waals surface area contributed by atoms with Crippen LogP contribution in [0, 0.1) is 13.8 Å². The first kappa shape index (κ1) is 13.6. The molecule has 0 spiro atoms. The Morgan fingerprint density at radius 3 is 2.47 bits per heavy atom. The summed E-state index contributed by atoms with van der Waals surface area (Å²) in [4.78, 5) is 25.3. The Bertz CT molecular complexity index is 490. The molecular formula is C15H19NO3. The fraction of sp³-hybridized carbons (Fsp3) is 0.467. The second kappa shape index (κ2) is 5.87. The van der Waals surface area contributed by atoms with Gasteiger partial charge in [0.25, 0.3) is 5.91 Å². The molecule has 19 heavy (non-hydrogen) atoms. The third kappa shape index (κ3) is 3.34. The Morgan fingerprint density at radius 2 is 1.84 bits per heavy atom. The largest absolute Gasteiger partial charge is 0.452 e. The summed E-state index contributed by atoms with van der Waals surface area (Å²) < 4.78 is 5.07. The Labute approximate surface area is 113 Å². The first-order valence-electron chi connectivity index (χ1n) is 6.60. The van der Waals surface area contributed by atoms with Gasteiger partial charge in [-0.25, -0.2) is 4.79 Å². The van der Waals surface area contributed by atoms with E-state index in [0.29, 0.717) is 5.56 Å². The molecule has 4 nitrogen and oxygen atoms in total. The van der Waals surface area contributed by atoms with Crippen molar-refractivity contribution < 1.29 is 14.3 Å². The number of benzene rings is 1. The molecule has 0 radical (unpaired) electrons. The van der Waals surface area contributed by atoms with Gasteiger partial charge in [-0.2, -0.15) is 0 Å². The lowest BCUT2D eigenvalue weighted by Gasteiger charge is -2.15. The van der Waals surface area contributed by atoms with E-state index in [4.69, 9.17) is 4.74 Å². The van der Waals surface area contributed by atoms with Gasteiger partial charge in [0.05, 0.1) is 5.56 Å². The standard InChI is InChI=1S/C15H19NO3/c1-11-5-6-13(9-12(11)2)15(18)19-10-14(17)16-7-3-4-8-16/h5-6,9H,3-4,7-8,10H2,1-2H3. The number of carbonyl (C=O) groups is 2. The average Bonchev–Trinajstić information content (AvgIpc) is 2.92. The topological polar surface area (TPSA) is 46.6 Å². The summed E-state index contributed by atoms with van der Waals surface area (Å²) in [6.07, 6.45) is 2.08. The van der Waals surface area contributed by atoms with Crippen molar-refractivity contribution in [1.29, 1.82) is 0 Å². The number of carbonyl (C=O) groups excluding carboxylic acids is 2. The van der Waals surface area contributed by atoms with Crippen molar-refractivity contribution in [1.82, 2.24) is 4.90 Å². The molecule has 0 aliphatic carbocycles. The number of rotatable bonds is 3. The van der Waals surface area contributed by atoms with E-state index in [0.717, 1.165) is 37.1 Å². The second-order valence-corrected chi connectivity index (χ2v) is 4.96. The Hall–Kier alpha value is -1.84. The molecule has 0 unspecified atom stereocenters. The molecule has 4 heteroatoms. The van der Waals surface area contributed by atoms with Crippen LogP contribution >= 0.6 is 0 Å². The van der Waals surface area contributed by atoms with Crippen molar-refractivity contribution in [3.8, 4) is 0 Å². The number of esters is 1. The maximum Gasteiger partial charge on any atom is 0.338 e. The van der Waals surface area contributed by atoms with E-state index in [-0.39, 0.29) is 12.5 Å². The van der Waals surface area contributed by atoms with Gasteiger partial charge in [0.15, 0.2) is 6.61 Å². The van der Waals surface area contributed by atoms with Crippen molar-refractivity contribution in [2.24, 2.45) is 0 Å². The Balaban J connectivity index is 1.90. The van der Waals surface area contributed by atoms with Crippen LogP contribution in [-0.4, -0.2) is 36.5 Å². The van der Waals surface area contributed by atoms with Crippen LogP contribution in [0.2, 0.25) is 0 Å². The van der Waals surface area contributed by atoms with E-state index in [1.807, 2.05) is 19.9 Å². The molecule has 1 saturated heterocycles. The smallest absolute Gasteiger partial charge is 0.338 e. The normalized spacial score (nSPS) is 14.5. The van der Waals surface area contributed by atoms with Crippen LogP contribution < -0.4 is 0 Å². The highest BCUT2D eigenvalue weighted by Crippen LogP contribution is 2.11. The minimum atomic E-state index is -0.435. The molecule has 1 aromatic carbocycles. The summed E-state index contributed by atoms with van der Waals surface area (Å²) in [6.45, 7) is 5.33. The number of ether oxygens (including phenoxy) is 1. The molecular weight excluding hydrogens is 242 g/mol. The van der Waals surface area contributed by atoms with Crippen molar-refractivity contribution in [2.75, 3.05) is 19.7 Å². The summed E-state index contributed by atoms with van der Waals surface area (Å²) in [5.41, 5.74) is 2.67. The van der Waals surface area contributed by atoms with Crippen LogP contribution in [0.1, 0.15) is 34.3 Å².